The van der Waals surface area contributed by atoms with Crippen LogP contribution in [0.1, 0.15) is 21.5 Å². The van der Waals surface area contributed by atoms with Gasteiger partial charge in [0, 0.05) is 11.6 Å². The van der Waals surface area contributed by atoms with E-state index in [0.717, 1.165) is 11.1 Å². The molecule has 1 aliphatic heterocycles. The van der Waals surface area contributed by atoms with Crippen molar-refractivity contribution in [3.05, 3.63) is 34.9 Å². The maximum absolute atomic E-state index is 12.4. The van der Waals surface area contributed by atoms with Gasteiger partial charge < -0.3 is 10.1 Å². The number of nitrogens with one attached hydrogen (secondary N) is 1. The number of Topliss-reactive ketones (excluding diaryl/α,β-unsaturated/α-hetero) is 1. The predicted octanol–water partition coefficient (Wildman–Crippen LogP) is 1.72. The van der Waals surface area contributed by atoms with E-state index in [4.69, 9.17) is 4.74 Å². The molecule has 1 saturated heterocycles. The van der Waals surface area contributed by atoms with Crippen molar-refractivity contribution in [3.8, 4) is 0 Å². The van der Waals surface area contributed by atoms with Gasteiger partial charge in [-0.05, 0) is 38.1 Å². The molecule has 3 heteroatoms. The smallest absolute Gasteiger partial charge is 0.169 e. The maximum atomic E-state index is 12.4. The Labute approximate surface area is 102 Å². The number of ether oxygens (including phenoxy) is 1. The number of carbonyl (C=O) groups excluding carboxylic acids is 1. The molecule has 2 rings (SSSR count). The summed E-state index contributed by atoms with van der Waals surface area (Å²) in [4.78, 5) is 12.4. The summed E-state index contributed by atoms with van der Waals surface area (Å²) in [7, 11) is 1.88. The molecule has 0 spiro atoms. The van der Waals surface area contributed by atoms with E-state index in [1.165, 1.54) is 5.56 Å². The fourth-order valence-electron chi connectivity index (χ4n) is 2.21. The molecule has 0 radical (unpaired) electrons. The first kappa shape index (κ1) is 12.3. The lowest BCUT2D eigenvalue weighted by molar-refractivity contribution is 0.0892. The molecule has 0 aromatic heterocycles. The topological polar surface area (TPSA) is 38.3 Å². The van der Waals surface area contributed by atoms with E-state index < -0.39 is 0 Å². The second kappa shape index (κ2) is 4.98. The highest BCUT2D eigenvalue weighted by Gasteiger charge is 2.33. The number of likely N-dealkylation sites (N-methyl/N-ethyl adjacent to an activating group) is 1. The monoisotopic (exact) mass is 233 g/mol. The molecule has 0 aliphatic carbocycles. The van der Waals surface area contributed by atoms with Gasteiger partial charge in [-0.3, -0.25) is 4.79 Å². The molecule has 1 N–H and O–H groups in total. The molecule has 92 valence electrons. The number of hydrogen-bond donors (Lipinski definition) is 1. The van der Waals surface area contributed by atoms with Crippen molar-refractivity contribution in [2.75, 3.05) is 20.3 Å². The van der Waals surface area contributed by atoms with Crippen LogP contribution in [0.25, 0.3) is 0 Å². The number of benzene rings is 1. The van der Waals surface area contributed by atoms with Gasteiger partial charge in [0.15, 0.2) is 5.78 Å². The van der Waals surface area contributed by atoms with Gasteiger partial charge in [-0.25, -0.2) is 0 Å². The third kappa shape index (κ3) is 2.40. The number of carbonyl (C=O) groups is 1. The summed E-state index contributed by atoms with van der Waals surface area (Å²) in [5.41, 5.74) is 3.18. The van der Waals surface area contributed by atoms with Crippen LogP contribution in [0.3, 0.4) is 0 Å². The summed E-state index contributed by atoms with van der Waals surface area (Å²) in [5, 5.41) is 3.14. The van der Waals surface area contributed by atoms with E-state index in [0.29, 0.717) is 13.2 Å². The van der Waals surface area contributed by atoms with Crippen LogP contribution in [0.5, 0.6) is 0 Å². The highest BCUT2D eigenvalue weighted by Crippen LogP contribution is 2.20. The zero-order chi connectivity index (χ0) is 12.4. The van der Waals surface area contributed by atoms with Crippen LogP contribution in [0.2, 0.25) is 0 Å². The second-order valence-corrected chi connectivity index (χ2v) is 4.70. The van der Waals surface area contributed by atoms with E-state index in [-0.39, 0.29) is 17.7 Å². The summed E-state index contributed by atoms with van der Waals surface area (Å²) in [6.45, 7) is 5.24. The maximum Gasteiger partial charge on any atom is 0.169 e. The first-order valence-corrected chi connectivity index (χ1v) is 6.00. The Kier molecular flexibility index (Phi) is 3.60. The van der Waals surface area contributed by atoms with Gasteiger partial charge in [0.25, 0.3) is 0 Å². The van der Waals surface area contributed by atoms with Gasteiger partial charge in [-0.1, -0.05) is 12.1 Å². The number of aryl methyl sites for hydroxylation is 2. The van der Waals surface area contributed by atoms with E-state index in [9.17, 15) is 4.79 Å². The largest absolute Gasteiger partial charge is 0.379 e. The summed E-state index contributed by atoms with van der Waals surface area (Å²) in [6.07, 6.45) is 0. The molecule has 1 fully saturated rings. The zero-order valence-corrected chi connectivity index (χ0v) is 10.6. The van der Waals surface area contributed by atoms with Crippen molar-refractivity contribution in [1.29, 1.82) is 0 Å². The van der Waals surface area contributed by atoms with Gasteiger partial charge in [0.05, 0.1) is 19.1 Å². The minimum Gasteiger partial charge on any atom is -0.379 e. The van der Waals surface area contributed by atoms with E-state index >= 15 is 0 Å². The van der Waals surface area contributed by atoms with Crippen LogP contribution in [-0.4, -0.2) is 32.1 Å². The highest BCUT2D eigenvalue weighted by molar-refractivity contribution is 5.98. The third-order valence-electron chi connectivity index (χ3n) is 3.58. The number of ketones is 1. The molecule has 0 bridgehead atoms. The lowest BCUT2D eigenvalue weighted by Gasteiger charge is -2.16. The molecule has 1 aromatic carbocycles. The van der Waals surface area contributed by atoms with Crippen molar-refractivity contribution in [1.82, 2.24) is 5.32 Å². The number of hydrogen-bond acceptors (Lipinski definition) is 3. The first-order chi connectivity index (χ1) is 8.13. The Morgan fingerprint density at radius 1 is 1.29 bits per heavy atom. The van der Waals surface area contributed by atoms with Crippen molar-refractivity contribution in [3.63, 3.8) is 0 Å². The minimum absolute atomic E-state index is 0.0536. The molecule has 0 saturated carbocycles. The second-order valence-electron chi connectivity index (χ2n) is 4.70. The Morgan fingerprint density at radius 2 is 2.06 bits per heavy atom. The van der Waals surface area contributed by atoms with Crippen LogP contribution in [0, 0.1) is 19.8 Å². The average molecular weight is 233 g/mol. The normalized spacial score (nSPS) is 23.9. The van der Waals surface area contributed by atoms with Crippen LogP contribution >= 0.6 is 0 Å². The summed E-state index contributed by atoms with van der Waals surface area (Å²) < 4.78 is 5.37. The lowest BCUT2D eigenvalue weighted by atomic mass is 9.92. The Balaban J connectivity index is 2.21. The van der Waals surface area contributed by atoms with Gasteiger partial charge >= 0.3 is 0 Å². The van der Waals surface area contributed by atoms with E-state index in [1.54, 1.807) is 0 Å². The Morgan fingerprint density at radius 3 is 2.71 bits per heavy atom. The summed E-state index contributed by atoms with van der Waals surface area (Å²) >= 11 is 0. The van der Waals surface area contributed by atoms with E-state index in [2.05, 4.69) is 12.2 Å². The van der Waals surface area contributed by atoms with Crippen molar-refractivity contribution in [2.45, 2.75) is 19.9 Å². The molecule has 1 heterocycles. The van der Waals surface area contributed by atoms with Gasteiger partial charge in [-0.2, -0.15) is 0 Å². The van der Waals surface area contributed by atoms with Crippen molar-refractivity contribution < 1.29 is 9.53 Å². The van der Waals surface area contributed by atoms with Crippen LogP contribution in [0.15, 0.2) is 18.2 Å². The molecule has 1 aromatic rings. The lowest BCUT2D eigenvalue weighted by Crippen LogP contribution is -2.37. The van der Waals surface area contributed by atoms with Crippen molar-refractivity contribution in [2.24, 2.45) is 5.92 Å². The molecule has 2 atom stereocenters. The van der Waals surface area contributed by atoms with Crippen LogP contribution in [-0.2, 0) is 4.74 Å². The predicted molar refractivity (Wildman–Crippen MR) is 67.4 cm³/mol. The van der Waals surface area contributed by atoms with Gasteiger partial charge in [0.1, 0.15) is 0 Å². The quantitative estimate of drug-likeness (QED) is 0.808. The Bertz CT molecular complexity index is 428. The summed E-state index contributed by atoms with van der Waals surface area (Å²) in [5.74, 6) is 0.132. The molecule has 3 nitrogen and oxygen atoms in total. The minimum atomic E-state index is -0.0536. The molecule has 2 unspecified atom stereocenters. The fraction of sp³-hybridized carbons (Fsp3) is 0.500. The molecular weight excluding hydrogens is 214 g/mol. The standard InChI is InChI=1S/C14H19NO2/c1-9-4-5-11(6-10(9)2)14(16)12-7-17-8-13(12)15-3/h4-6,12-13,15H,7-8H2,1-3H3. The van der Waals surface area contributed by atoms with E-state index in [1.807, 2.05) is 32.2 Å². The van der Waals surface area contributed by atoms with Crippen LogP contribution < -0.4 is 5.32 Å². The van der Waals surface area contributed by atoms with Crippen LogP contribution in [0.4, 0.5) is 0 Å². The molecule has 17 heavy (non-hydrogen) atoms. The van der Waals surface area contributed by atoms with Gasteiger partial charge in [0.2, 0.25) is 0 Å². The third-order valence-corrected chi connectivity index (χ3v) is 3.58. The average Bonchev–Trinajstić information content (AvgIpc) is 2.80. The Hall–Kier alpha value is -1.19. The molecular formula is C14H19NO2. The molecule has 0 amide bonds. The van der Waals surface area contributed by atoms with Gasteiger partial charge in [-0.15, -0.1) is 0 Å². The molecule has 1 aliphatic rings. The summed E-state index contributed by atoms with van der Waals surface area (Å²) in [6, 6.07) is 6.04. The highest BCUT2D eigenvalue weighted by atomic mass is 16.5. The fourth-order valence-corrected chi connectivity index (χ4v) is 2.21. The SMILES string of the molecule is CNC1COCC1C(=O)c1ccc(C)c(C)c1. The van der Waals surface area contributed by atoms with Crippen molar-refractivity contribution >= 4 is 5.78 Å². The number of rotatable bonds is 3. The first-order valence-electron chi connectivity index (χ1n) is 6.00. The zero-order valence-electron chi connectivity index (χ0n) is 10.6.